The number of amides is 2. The molecule has 0 saturated heterocycles. The second kappa shape index (κ2) is 14.1. The summed E-state index contributed by atoms with van der Waals surface area (Å²) in [6, 6.07) is 23.4. The second-order valence-electron chi connectivity index (χ2n) is 8.70. The summed E-state index contributed by atoms with van der Waals surface area (Å²) >= 11 is 11.8. The van der Waals surface area contributed by atoms with E-state index in [-0.39, 0.29) is 28.2 Å². The van der Waals surface area contributed by atoms with Crippen molar-refractivity contribution in [1.29, 1.82) is 0 Å². The molecule has 0 atom stereocenters. The van der Waals surface area contributed by atoms with Crippen LogP contribution < -0.4 is 20.2 Å². The maximum absolute atomic E-state index is 12.8. The average molecular weight is 604 g/mol. The molecule has 0 saturated carbocycles. The summed E-state index contributed by atoms with van der Waals surface area (Å²) in [4.78, 5) is 49.9. The van der Waals surface area contributed by atoms with Crippen molar-refractivity contribution in [3.63, 3.8) is 0 Å². The lowest BCUT2D eigenvalue weighted by molar-refractivity contribution is -0.136. The van der Waals surface area contributed by atoms with E-state index in [9.17, 15) is 19.2 Å². The van der Waals surface area contributed by atoms with E-state index in [1.165, 1.54) is 60.8 Å². The van der Waals surface area contributed by atoms with Gasteiger partial charge < -0.3 is 14.8 Å². The highest BCUT2D eigenvalue weighted by Gasteiger charge is 2.16. The van der Waals surface area contributed by atoms with Crippen LogP contribution in [0.15, 0.2) is 96.1 Å². The average Bonchev–Trinajstić information content (AvgIpc) is 2.99. The van der Waals surface area contributed by atoms with Gasteiger partial charge in [0, 0.05) is 27.4 Å². The zero-order valence-electron chi connectivity index (χ0n) is 22.1. The van der Waals surface area contributed by atoms with Crippen LogP contribution >= 0.6 is 23.2 Å². The van der Waals surface area contributed by atoms with Gasteiger partial charge in [0.2, 0.25) is 0 Å². The van der Waals surface area contributed by atoms with Crippen molar-refractivity contribution >= 4 is 58.9 Å². The van der Waals surface area contributed by atoms with E-state index in [2.05, 4.69) is 15.8 Å². The van der Waals surface area contributed by atoms with Gasteiger partial charge in [-0.15, -0.1) is 0 Å². The minimum absolute atomic E-state index is 0.0326. The number of hydrogen-bond donors (Lipinski definition) is 2. The highest BCUT2D eigenvalue weighted by atomic mass is 35.5. The summed E-state index contributed by atoms with van der Waals surface area (Å²) in [5, 5.41) is 7.20. The van der Waals surface area contributed by atoms with Gasteiger partial charge in [-0.1, -0.05) is 42.3 Å². The molecule has 0 spiro atoms. The van der Waals surface area contributed by atoms with Crippen molar-refractivity contribution in [1.82, 2.24) is 5.43 Å². The van der Waals surface area contributed by atoms with Gasteiger partial charge in [-0.05, 0) is 84.8 Å². The highest BCUT2D eigenvalue weighted by molar-refractivity contribution is 6.39. The van der Waals surface area contributed by atoms with Crippen molar-refractivity contribution in [2.75, 3.05) is 5.32 Å². The zero-order valence-corrected chi connectivity index (χ0v) is 23.6. The Morgan fingerprint density at radius 2 is 1.31 bits per heavy atom. The fourth-order valence-electron chi connectivity index (χ4n) is 3.49. The number of rotatable bonds is 8. The third kappa shape index (κ3) is 8.26. The number of ether oxygens (including phenoxy) is 2. The number of carbonyl (C=O) groups is 4. The fourth-order valence-corrected chi connectivity index (χ4v) is 3.74. The van der Waals surface area contributed by atoms with Crippen LogP contribution in [0.5, 0.6) is 11.5 Å². The van der Waals surface area contributed by atoms with Crippen LogP contribution in [-0.2, 0) is 16.0 Å². The molecule has 0 radical (unpaired) electrons. The van der Waals surface area contributed by atoms with Crippen LogP contribution in [0, 0.1) is 0 Å². The Morgan fingerprint density at radius 1 is 0.738 bits per heavy atom. The minimum Gasteiger partial charge on any atom is -0.423 e. The molecule has 0 aliphatic carbocycles. The lowest BCUT2D eigenvalue weighted by Gasteiger charge is -2.11. The van der Waals surface area contributed by atoms with E-state index in [1.54, 1.807) is 24.3 Å². The van der Waals surface area contributed by atoms with Crippen LogP contribution in [0.4, 0.5) is 5.69 Å². The van der Waals surface area contributed by atoms with Gasteiger partial charge >= 0.3 is 23.8 Å². The first-order chi connectivity index (χ1) is 20.2. The molecular weight excluding hydrogens is 581 g/mol. The number of hydrogen-bond acceptors (Lipinski definition) is 7. The number of anilines is 1. The normalized spacial score (nSPS) is 10.6. The van der Waals surface area contributed by atoms with Gasteiger partial charge in [0.1, 0.15) is 11.5 Å². The third-order valence-electron chi connectivity index (χ3n) is 5.75. The predicted octanol–water partition coefficient (Wildman–Crippen LogP) is 6.08. The van der Waals surface area contributed by atoms with Crippen molar-refractivity contribution in [2.24, 2.45) is 5.10 Å². The molecule has 4 aromatic carbocycles. The molecule has 2 amide bonds. The van der Waals surface area contributed by atoms with E-state index >= 15 is 0 Å². The lowest BCUT2D eigenvalue weighted by Crippen LogP contribution is -2.32. The number of hydrazone groups is 1. The molecule has 0 fully saturated rings. The summed E-state index contributed by atoms with van der Waals surface area (Å²) in [7, 11) is 0. The van der Waals surface area contributed by atoms with Crippen molar-refractivity contribution in [3.05, 3.63) is 123 Å². The van der Waals surface area contributed by atoms with E-state index in [1.807, 2.05) is 19.1 Å². The summed E-state index contributed by atoms with van der Waals surface area (Å²) in [5.41, 5.74) is 4.37. The Bertz CT molecular complexity index is 1640. The van der Waals surface area contributed by atoms with Crippen LogP contribution in [0.2, 0.25) is 10.0 Å². The Hall–Kier alpha value is -4.99. The minimum atomic E-state index is -1.01. The number of esters is 2. The van der Waals surface area contributed by atoms with Gasteiger partial charge in [0.25, 0.3) is 0 Å². The summed E-state index contributed by atoms with van der Waals surface area (Å²) < 4.78 is 11.0. The molecule has 42 heavy (non-hydrogen) atoms. The van der Waals surface area contributed by atoms with Gasteiger partial charge in [-0.3, -0.25) is 9.59 Å². The molecule has 4 aromatic rings. The molecule has 11 heteroatoms. The Kier molecular flexibility index (Phi) is 10.0. The molecule has 4 rings (SSSR count). The number of carbonyl (C=O) groups excluding carboxylic acids is 4. The summed E-state index contributed by atoms with van der Waals surface area (Å²) in [5.74, 6) is -3.28. The monoisotopic (exact) mass is 603 g/mol. The van der Waals surface area contributed by atoms with Crippen molar-refractivity contribution in [2.45, 2.75) is 13.3 Å². The first-order valence-corrected chi connectivity index (χ1v) is 13.3. The first kappa shape index (κ1) is 30.0. The molecule has 2 N–H and O–H groups in total. The molecule has 0 aromatic heterocycles. The van der Waals surface area contributed by atoms with Crippen LogP contribution in [0.1, 0.15) is 38.8 Å². The second-order valence-corrected chi connectivity index (χ2v) is 9.57. The number of nitrogens with one attached hydrogen (secondary N) is 2. The molecule has 0 aliphatic heterocycles. The van der Waals surface area contributed by atoms with Gasteiger partial charge in [0.05, 0.1) is 17.3 Å². The molecule has 212 valence electrons. The number of halogens is 2. The highest BCUT2D eigenvalue weighted by Crippen LogP contribution is 2.26. The Labute approximate surface area is 251 Å². The zero-order chi connectivity index (χ0) is 30.1. The number of nitrogens with zero attached hydrogens (tertiary/aromatic N) is 1. The quantitative estimate of drug-likeness (QED) is 0.0826. The predicted molar refractivity (Wildman–Crippen MR) is 159 cm³/mol. The Balaban J connectivity index is 1.49. The van der Waals surface area contributed by atoms with E-state index in [0.717, 1.165) is 12.0 Å². The van der Waals surface area contributed by atoms with E-state index in [4.69, 9.17) is 32.7 Å². The largest absolute Gasteiger partial charge is 0.423 e. The smallest absolute Gasteiger partial charge is 0.343 e. The topological polar surface area (TPSA) is 123 Å². The summed E-state index contributed by atoms with van der Waals surface area (Å²) in [6.07, 6.45) is 2.02. The van der Waals surface area contributed by atoms with Crippen LogP contribution in [0.3, 0.4) is 0 Å². The molecule has 0 heterocycles. The lowest BCUT2D eigenvalue weighted by atomic mass is 10.1. The molecule has 0 aliphatic rings. The van der Waals surface area contributed by atoms with Crippen molar-refractivity contribution < 1.29 is 28.7 Å². The van der Waals surface area contributed by atoms with Gasteiger partial charge in [0.15, 0.2) is 0 Å². The SMILES string of the molecule is CCc1ccc(NC(=O)C(=O)N/N=C\c2ccc(OC(=O)c3ccc(Cl)cc3)cc2OC(=O)c2ccc(Cl)cc2)cc1. The summed E-state index contributed by atoms with van der Waals surface area (Å²) in [6.45, 7) is 2.00. The van der Waals surface area contributed by atoms with Crippen molar-refractivity contribution in [3.8, 4) is 11.5 Å². The molecular formula is C31H23Cl2N3O6. The molecule has 0 bridgehead atoms. The fraction of sp³-hybridized carbons (Fsp3) is 0.0645. The van der Waals surface area contributed by atoms with Gasteiger partial charge in [-0.25, -0.2) is 15.0 Å². The van der Waals surface area contributed by atoms with Crippen LogP contribution in [-0.4, -0.2) is 30.0 Å². The van der Waals surface area contributed by atoms with E-state index < -0.39 is 23.8 Å². The number of benzene rings is 4. The molecule has 0 unspecified atom stereocenters. The van der Waals surface area contributed by atoms with Gasteiger partial charge in [-0.2, -0.15) is 5.10 Å². The Morgan fingerprint density at radius 3 is 1.88 bits per heavy atom. The standard InChI is InChI=1S/C31H23Cl2N3O6/c1-2-19-3-14-25(15-4-19)35-28(37)29(38)36-34-18-22-9-16-26(41-30(39)20-5-10-23(32)11-6-20)17-27(22)42-31(40)21-7-12-24(33)13-8-21/h3-18H,2H2,1H3,(H,35,37)(H,36,38)/b34-18-. The third-order valence-corrected chi connectivity index (χ3v) is 6.26. The molecule has 9 nitrogen and oxygen atoms in total. The maximum Gasteiger partial charge on any atom is 0.343 e. The first-order valence-electron chi connectivity index (χ1n) is 12.5. The number of aryl methyl sites for hydroxylation is 1. The maximum atomic E-state index is 12.8. The van der Waals surface area contributed by atoms with Crippen LogP contribution in [0.25, 0.3) is 0 Å². The van der Waals surface area contributed by atoms with E-state index in [0.29, 0.717) is 15.7 Å².